The Hall–Kier alpha value is -11.7. The summed E-state index contributed by atoms with van der Waals surface area (Å²) in [5.41, 5.74) is 2.23. The molecule has 18 nitrogen and oxygen atoms in total. The number of carbonyl (C=O) groups excluding carboxylic acids is 8. The van der Waals surface area contributed by atoms with Gasteiger partial charge in [0, 0.05) is 23.6 Å². The van der Waals surface area contributed by atoms with Crippen molar-refractivity contribution in [1.29, 1.82) is 0 Å². The smallest absolute Gasteiger partial charge is 0.266 e. The zero-order valence-corrected chi connectivity index (χ0v) is 54.1. The highest BCUT2D eigenvalue weighted by Gasteiger charge is 2.50. The minimum atomic E-state index is -1.04. The van der Waals surface area contributed by atoms with E-state index in [0.717, 1.165) is 15.4 Å². The van der Waals surface area contributed by atoms with Gasteiger partial charge >= 0.3 is 0 Å². The lowest BCUT2D eigenvalue weighted by atomic mass is 9.75. The van der Waals surface area contributed by atoms with Gasteiger partial charge in [-0.25, -0.2) is 9.80 Å². The largest absolute Gasteiger partial charge is 0.508 e. The van der Waals surface area contributed by atoms with Gasteiger partial charge in [-0.1, -0.05) is 77.9 Å². The van der Waals surface area contributed by atoms with Crippen molar-refractivity contribution >= 4 is 58.6 Å². The lowest BCUT2D eigenvalue weighted by molar-refractivity contribution is 0.0376. The number of hydrogen-bond acceptors (Lipinski definition) is 14. The molecule has 4 heterocycles. The van der Waals surface area contributed by atoms with Crippen LogP contribution >= 0.6 is 0 Å². The van der Waals surface area contributed by atoms with E-state index >= 15 is 0 Å². The molecule has 9 aromatic carbocycles. The van der Waals surface area contributed by atoms with Gasteiger partial charge in [0.15, 0.2) is 0 Å². The molecule has 2 N–H and O–H groups in total. The van der Waals surface area contributed by atoms with E-state index < -0.39 is 52.4 Å². The number of ether oxygens (including phenoxy) is 4. The highest BCUT2D eigenvalue weighted by molar-refractivity contribution is 6.36. The van der Waals surface area contributed by atoms with Crippen molar-refractivity contribution in [1.82, 2.24) is 9.80 Å². The van der Waals surface area contributed by atoms with Crippen molar-refractivity contribution in [3.63, 3.8) is 0 Å². The quantitative estimate of drug-likeness (QED) is 0.0762. The maximum atomic E-state index is 14.7. The molecule has 2 atom stereocenters. The third-order valence-corrected chi connectivity index (χ3v) is 18.7. The number of benzene rings is 9. The average Bonchev–Trinajstić information content (AvgIpc) is 1.59. The molecule has 4 aliphatic rings. The maximum absolute atomic E-state index is 14.7. The van der Waals surface area contributed by atoms with Crippen LogP contribution in [0.3, 0.4) is 0 Å². The van der Waals surface area contributed by atoms with E-state index in [9.17, 15) is 48.6 Å². The zero-order valence-electron chi connectivity index (χ0n) is 54.1. The van der Waals surface area contributed by atoms with Crippen LogP contribution < -0.4 is 28.7 Å². The molecule has 0 aliphatic carbocycles. The molecule has 2 unspecified atom stereocenters. The first-order valence-corrected chi connectivity index (χ1v) is 31.6. The molecule has 13 rings (SSSR count). The van der Waals surface area contributed by atoms with Gasteiger partial charge in [-0.3, -0.25) is 48.2 Å². The van der Waals surface area contributed by atoms with Crippen molar-refractivity contribution < 1.29 is 67.5 Å². The van der Waals surface area contributed by atoms with Gasteiger partial charge in [-0.2, -0.15) is 0 Å². The SMILES string of the molecule is CCC(c1cccc(Oc2cccc(Oc3cccc(N4C(=O)c5ccc(Oc6ccc7c(c6)C(=O)N(C(C)(C)CC)C7=O)cc5C4=O)c3)c2)c1)C(C)(CC)N1C(=O)c2ccc(Oc3ccc4c(c3)C(=O)N(c3cc(-c5ccc(O)c(C(C)(C)C)c5)ccc3O)C4=O)cc2C1=O. The molecule has 4 aliphatic heterocycles. The number of rotatable bonds is 18. The minimum Gasteiger partial charge on any atom is -0.508 e. The lowest BCUT2D eigenvalue weighted by Crippen LogP contribution is -2.53. The second-order valence-corrected chi connectivity index (χ2v) is 26.1. The summed E-state index contributed by atoms with van der Waals surface area (Å²) in [4.78, 5) is 116. The summed E-state index contributed by atoms with van der Waals surface area (Å²) in [5, 5.41) is 21.6. The number of amides is 8. The van der Waals surface area contributed by atoms with Crippen LogP contribution in [0.4, 0.5) is 11.4 Å². The number of fused-ring (bicyclic) bond motifs is 4. The molecule has 0 saturated heterocycles. The molecule has 18 heteroatoms. The molecule has 0 spiro atoms. The number of phenols is 2. The van der Waals surface area contributed by atoms with Crippen LogP contribution in [-0.2, 0) is 5.41 Å². The van der Waals surface area contributed by atoms with Crippen LogP contribution in [0, 0.1) is 0 Å². The summed E-state index contributed by atoms with van der Waals surface area (Å²) in [7, 11) is 0. The predicted octanol–water partition coefficient (Wildman–Crippen LogP) is 16.6. The fraction of sp³-hybridized carbons (Fsp3) is 0.205. The molecule has 482 valence electrons. The number of imide groups is 4. The van der Waals surface area contributed by atoms with Gasteiger partial charge in [-0.05, 0) is 201 Å². The third kappa shape index (κ3) is 10.8. The van der Waals surface area contributed by atoms with Gasteiger partial charge in [0.1, 0.15) is 57.5 Å². The van der Waals surface area contributed by atoms with E-state index in [1.165, 1.54) is 58.3 Å². The van der Waals surface area contributed by atoms with Crippen molar-refractivity contribution in [3.05, 3.63) is 238 Å². The monoisotopic (exact) mass is 1280 g/mol. The summed E-state index contributed by atoms with van der Waals surface area (Å²) in [5.74, 6) is -2.18. The Balaban J connectivity index is 0.667. The fourth-order valence-electron chi connectivity index (χ4n) is 13.2. The molecule has 0 aromatic heterocycles. The number of hydrogen-bond donors (Lipinski definition) is 2. The normalized spacial score (nSPS) is 15.3. The first kappa shape index (κ1) is 63.1. The third-order valence-electron chi connectivity index (χ3n) is 18.7. The Labute approximate surface area is 553 Å². The number of aromatic hydroxyl groups is 2. The minimum absolute atomic E-state index is 0.0174. The van der Waals surface area contributed by atoms with E-state index in [1.54, 1.807) is 109 Å². The highest BCUT2D eigenvalue weighted by Crippen LogP contribution is 2.47. The van der Waals surface area contributed by atoms with Gasteiger partial charge in [0.25, 0.3) is 47.3 Å². The number of phenolic OH excluding ortho intramolecular Hbond substituents is 2. The summed E-state index contributed by atoms with van der Waals surface area (Å²) in [6, 6.07) is 49.0. The molecule has 0 fully saturated rings. The number of carbonyl (C=O) groups is 8. The van der Waals surface area contributed by atoms with E-state index in [1.807, 2.05) is 86.6 Å². The second kappa shape index (κ2) is 23.7. The Morgan fingerprint density at radius 2 is 0.760 bits per heavy atom. The molecule has 8 amide bonds. The van der Waals surface area contributed by atoms with E-state index in [0.29, 0.717) is 59.0 Å². The van der Waals surface area contributed by atoms with Crippen LogP contribution in [0.25, 0.3) is 11.1 Å². The summed E-state index contributed by atoms with van der Waals surface area (Å²) in [6.07, 6.45) is 1.50. The highest BCUT2D eigenvalue weighted by atomic mass is 16.5. The molecular weight excluding hydrogens is 1220 g/mol. The zero-order chi connectivity index (χ0) is 68.0. The average molecular weight is 1280 g/mol. The van der Waals surface area contributed by atoms with Crippen LogP contribution in [-0.4, -0.2) is 78.3 Å². The van der Waals surface area contributed by atoms with Gasteiger partial charge < -0.3 is 29.2 Å². The molecule has 0 bridgehead atoms. The summed E-state index contributed by atoms with van der Waals surface area (Å²) in [6.45, 7) is 17.3. The van der Waals surface area contributed by atoms with Crippen LogP contribution in [0.5, 0.6) is 57.5 Å². The summed E-state index contributed by atoms with van der Waals surface area (Å²) < 4.78 is 25.1. The van der Waals surface area contributed by atoms with E-state index in [-0.39, 0.29) is 108 Å². The van der Waals surface area contributed by atoms with Gasteiger partial charge in [-0.15, -0.1) is 0 Å². The Morgan fingerprint density at radius 1 is 0.365 bits per heavy atom. The number of nitrogens with zero attached hydrogens (tertiary/aromatic N) is 4. The fourth-order valence-corrected chi connectivity index (χ4v) is 13.2. The maximum Gasteiger partial charge on any atom is 0.266 e. The molecular formula is C78H66N4O14. The van der Waals surface area contributed by atoms with Gasteiger partial charge in [0.2, 0.25) is 0 Å². The van der Waals surface area contributed by atoms with Gasteiger partial charge in [0.05, 0.1) is 61.4 Å². The van der Waals surface area contributed by atoms with Crippen LogP contribution in [0.2, 0.25) is 0 Å². The van der Waals surface area contributed by atoms with Crippen molar-refractivity contribution in [2.24, 2.45) is 0 Å². The summed E-state index contributed by atoms with van der Waals surface area (Å²) >= 11 is 0. The van der Waals surface area contributed by atoms with E-state index in [2.05, 4.69) is 0 Å². The molecule has 0 saturated carbocycles. The van der Waals surface area contributed by atoms with Crippen molar-refractivity contribution in [2.45, 2.75) is 104 Å². The molecule has 96 heavy (non-hydrogen) atoms. The Bertz CT molecular complexity index is 4850. The first-order chi connectivity index (χ1) is 45.8. The standard InChI is InChI=1S/C78H66N4O14/c1-10-63(78(9,12-3)82-73(90)58-31-27-54(42-62(58)75(82)92)96-52-25-29-56-60(40-52)71(88)80(69(56)86)65-36-44(23-33-67(65)84)43-22-32-66(83)64(35-43)76(4,5)6)45-16-13-18-47(34-45)93-49-20-15-21-50(38-49)94-48-19-14-17-46(37-48)79-68(85)55-28-24-51(39-59(55)70(79)87)95-53-26-30-57-61(41-53)74(91)81(72(57)89)77(7,8)11-2/h13-42,63,83-84H,10-12H2,1-9H3. The predicted molar refractivity (Wildman–Crippen MR) is 359 cm³/mol. The van der Waals surface area contributed by atoms with Crippen LogP contribution in [0.1, 0.15) is 181 Å². The Morgan fingerprint density at radius 3 is 1.27 bits per heavy atom. The second-order valence-electron chi connectivity index (χ2n) is 26.1. The van der Waals surface area contributed by atoms with Crippen LogP contribution in [0.15, 0.2) is 182 Å². The number of anilines is 2. The molecule has 0 radical (unpaired) electrons. The van der Waals surface area contributed by atoms with Crippen molar-refractivity contribution in [2.75, 3.05) is 9.80 Å². The topological polar surface area (TPSA) is 227 Å². The van der Waals surface area contributed by atoms with E-state index in [4.69, 9.17) is 18.9 Å². The first-order valence-electron chi connectivity index (χ1n) is 31.6. The molecule has 9 aromatic rings. The lowest BCUT2D eigenvalue weighted by Gasteiger charge is -2.43. The van der Waals surface area contributed by atoms with Crippen molar-refractivity contribution in [3.8, 4) is 68.6 Å². The Kier molecular flexibility index (Phi) is 15.6.